The van der Waals surface area contributed by atoms with Gasteiger partial charge in [-0.05, 0) is 54.7 Å². The van der Waals surface area contributed by atoms with Crippen molar-refractivity contribution in [2.24, 2.45) is 9.98 Å². The smallest absolute Gasteiger partial charge is 0.434 e. The minimum absolute atomic E-state index is 0.0195. The van der Waals surface area contributed by atoms with E-state index in [0.29, 0.717) is 23.6 Å². The fourth-order valence-electron chi connectivity index (χ4n) is 2.92. The molecule has 0 aromatic heterocycles. The average Bonchev–Trinajstić information content (AvgIpc) is 2.89. The first-order valence-electron chi connectivity index (χ1n) is 11.8. The highest BCUT2D eigenvalue weighted by molar-refractivity contribution is 8.15. The molecule has 2 rings (SSSR count). The maximum absolute atomic E-state index is 15.9. The second-order valence-corrected chi connectivity index (χ2v) is 15.3. The van der Waals surface area contributed by atoms with Crippen molar-refractivity contribution in [2.45, 2.75) is 38.9 Å². The van der Waals surface area contributed by atoms with E-state index in [-0.39, 0.29) is 33.7 Å². The summed E-state index contributed by atoms with van der Waals surface area (Å²) in [5, 5.41) is 9.25. The van der Waals surface area contributed by atoms with Crippen LogP contribution in [0, 0.1) is 17.1 Å². The third-order valence-corrected chi connectivity index (χ3v) is 11.3. The SMILES string of the molecule is COC(=O)/N=C(\SC)C(=Nc1ccc(C#N)cc1)c1cc(OC)cc(OCCO[Si](C)(C)C(C)(C)C)c1F. The Kier molecular flexibility index (Phi) is 11.1. The molecule has 11 heteroatoms. The number of ether oxygens (including phenoxy) is 3. The number of aliphatic imine (C=N–C) groups is 2. The summed E-state index contributed by atoms with van der Waals surface area (Å²) >= 11 is 1.10. The van der Waals surface area contributed by atoms with E-state index in [4.69, 9.17) is 19.2 Å². The van der Waals surface area contributed by atoms with E-state index >= 15 is 4.39 Å². The lowest BCUT2D eigenvalue weighted by molar-refractivity contribution is 0.183. The number of thioether (sulfide) groups is 1. The summed E-state index contributed by atoms with van der Waals surface area (Å²) in [6, 6.07) is 11.3. The van der Waals surface area contributed by atoms with Crippen LogP contribution in [0.1, 0.15) is 31.9 Å². The zero-order valence-corrected chi connectivity index (χ0v) is 24.9. The molecular formula is C27H34FN3O5SSi. The number of hydrogen-bond donors (Lipinski definition) is 0. The van der Waals surface area contributed by atoms with Gasteiger partial charge in [-0.15, -0.1) is 11.8 Å². The molecule has 8 nitrogen and oxygen atoms in total. The van der Waals surface area contributed by atoms with Crippen LogP contribution in [0.25, 0.3) is 0 Å². The molecule has 0 bridgehead atoms. The second-order valence-electron chi connectivity index (χ2n) is 9.65. The highest BCUT2D eigenvalue weighted by Crippen LogP contribution is 2.36. The Morgan fingerprint density at radius 2 is 1.79 bits per heavy atom. The van der Waals surface area contributed by atoms with Gasteiger partial charge in [0.05, 0.1) is 38.1 Å². The monoisotopic (exact) mass is 559 g/mol. The van der Waals surface area contributed by atoms with Gasteiger partial charge in [0.25, 0.3) is 0 Å². The molecule has 38 heavy (non-hydrogen) atoms. The molecule has 0 fully saturated rings. The lowest BCUT2D eigenvalue weighted by atomic mass is 10.1. The Labute approximate surface area is 229 Å². The first kappa shape index (κ1) is 31.0. The van der Waals surface area contributed by atoms with Crippen molar-refractivity contribution >= 4 is 42.6 Å². The van der Waals surface area contributed by atoms with Gasteiger partial charge in [0.15, 0.2) is 19.9 Å². The number of amides is 1. The second kappa shape index (κ2) is 13.5. The molecule has 0 heterocycles. The maximum Gasteiger partial charge on any atom is 0.434 e. The summed E-state index contributed by atoms with van der Waals surface area (Å²) in [5.74, 6) is -0.422. The van der Waals surface area contributed by atoms with E-state index < -0.39 is 20.2 Å². The third kappa shape index (κ3) is 8.15. The van der Waals surface area contributed by atoms with Crippen LogP contribution < -0.4 is 9.47 Å². The van der Waals surface area contributed by atoms with Gasteiger partial charge in [-0.2, -0.15) is 10.3 Å². The normalized spacial score (nSPS) is 12.6. The van der Waals surface area contributed by atoms with Crippen molar-refractivity contribution < 1.29 is 27.8 Å². The van der Waals surface area contributed by atoms with E-state index in [1.807, 2.05) is 6.07 Å². The minimum atomic E-state index is -1.99. The Morgan fingerprint density at radius 1 is 1.13 bits per heavy atom. The van der Waals surface area contributed by atoms with Crippen molar-refractivity contribution in [3.8, 4) is 17.6 Å². The summed E-state index contributed by atoms with van der Waals surface area (Å²) in [5.41, 5.74) is 0.970. The molecule has 0 saturated heterocycles. The van der Waals surface area contributed by atoms with Crippen LogP contribution in [-0.2, 0) is 9.16 Å². The van der Waals surface area contributed by atoms with Crippen LogP contribution >= 0.6 is 11.8 Å². The van der Waals surface area contributed by atoms with Crippen LogP contribution in [0.2, 0.25) is 18.1 Å². The van der Waals surface area contributed by atoms with Crippen molar-refractivity contribution in [1.82, 2.24) is 0 Å². The quantitative estimate of drug-likeness (QED) is 0.145. The predicted molar refractivity (Wildman–Crippen MR) is 152 cm³/mol. The predicted octanol–water partition coefficient (Wildman–Crippen LogP) is 6.76. The Morgan fingerprint density at radius 3 is 2.32 bits per heavy atom. The van der Waals surface area contributed by atoms with Gasteiger partial charge in [0.1, 0.15) is 23.1 Å². The van der Waals surface area contributed by atoms with Crippen molar-refractivity contribution in [1.29, 1.82) is 5.26 Å². The molecule has 0 saturated carbocycles. The van der Waals surface area contributed by atoms with Crippen LogP contribution in [0.3, 0.4) is 0 Å². The molecule has 2 aromatic rings. The molecule has 0 atom stereocenters. The standard InChI is InChI=1S/C27H34FN3O5SSi/c1-27(2,3)38(7,8)36-14-13-35-22-16-20(33-4)15-21(23(22)28)24(25(37-6)31-26(32)34-5)30-19-11-9-18(17-29)10-12-19/h9-12,15-16H,13-14H2,1-8H3/b30-24?,31-25-. The molecule has 0 aliphatic heterocycles. The zero-order chi connectivity index (χ0) is 28.5. The van der Waals surface area contributed by atoms with Gasteiger partial charge in [0, 0.05) is 11.6 Å². The van der Waals surface area contributed by atoms with Crippen LogP contribution in [0.5, 0.6) is 11.5 Å². The topological polar surface area (TPSA) is 103 Å². The average molecular weight is 560 g/mol. The van der Waals surface area contributed by atoms with Gasteiger partial charge in [-0.1, -0.05) is 20.8 Å². The van der Waals surface area contributed by atoms with Crippen LogP contribution in [0.15, 0.2) is 46.4 Å². The fraction of sp³-hybridized carbons (Fsp3) is 0.407. The summed E-state index contributed by atoms with van der Waals surface area (Å²) < 4.78 is 37.9. The van der Waals surface area contributed by atoms with E-state index in [1.165, 1.54) is 26.4 Å². The van der Waals surface area contributed by atoms with E-state index in [0.717, 1.165) is 11.8 Å². The number of carbonyl (C=O) groups excluding carboxylic acids is 1. The third-order valence-electron chi connectivity index (χ3n) is 6.11. The van der Waals surface area contributed by atoms with E-state index in [1.54, 1.807) is 30.5 Å². The summed E-state index contributed by atoms with van der Waals surface area (Å²) in [6.45, 7) is 11.1. The number of halogens is 1. The number of nitriles is 1. The summed E-state index contributed by atoms with van der Waals surface area (Å²) in [4.78, 5) is 20.5. The molecule has 0 radical (unpaired) electrons. The molecule has 204 valence electrons. The number of benzene rings is 2. The molecule has 0 spiro atoms. The van der Waals surface area contributed by atoms with Gasteiger partial charge in [0.2, 0.25) is 0 Å². The Hall–Kier alpha value is -3.20. The molecule has 0 aliphatic rings. The molecule has 2 aromatic carbocycles. The van der Waals surface area contributed by atoms with Gasteiger partial charge in [-0.25, -0.2) is 14.2 Å². The summed E-state index contributed by atoms with van der Waals surface area (Å²) in [7, 11) is 0.662. The van der Waals surface area contributed by atoms with Crippen molar-refractivity contribution in [3.63, 3.8) is 0 Å². The molecule has 1 amide bonds. The molecule has 0 N–H and O–H groups in total. The number of hydrogen-bond acceptors (Lipinski definition) is 8. The largest absolute Gasteiger partial charge is 0.497 e. The van der Waals surface area contributed by atoms with Crippen molar-refractivity contribution in [3.05, 3.63) is 53.3 Å². The number of methoxy groups -OCH3 is 2. The first-order chi connectivity index (χ1) is 17.9. The number of carbonyl (C=O) groups is 1. The van der Waals surface area contributed by atoms with Crippen LogP contribution in [0.4, 0.5) is 14.9 Å². The van der Waals surface area contributed by atoms with Gasteiger partial charge in [-0.3, -0.25) is 0 Å². The highest BCUT2D eigenvalue weighted by Gasteiger charge is 2.37. The zero-order valence-electron chi connectivity index (χ0n) is 23.0. The lowest BCUT2D eigenvalue weighted by Gasteiger charge is -2.36. The first-order valence-corrected chi connectivity index (χ1v) is 15.9. The van der Waals surface area contributed by atoms with E-state index in [9.17, 15) is 4.79 Å². The van der Waals surface area contributed by atoms with Crippen molar-refractivity contribution in [2.75, 3.05) is 33.7 Å². The van der Waals surface area contributed by atoms with E-state index in [2.05, 4.69) is 48.6 Å². The van der Waals surface area contributed by atoms with Gasteiger partial charge < -0.3 is 18.6 Å². The lowest BCUT2D eigenvalue weighted by Crippen LogP contribution is -2.41. The maximum atomic E-state index is 15.9. The fourth-order valence-corrected chi connectivity index (χ4v) is 4.46. The number of nitrogens with zero attached hydrogens (tertiary/aromatic N) is 3. The molecule has 0 unspecified atom stereocenters. The van der Waals surface area contributed by atoms with Crippen LogP contribution in [-0.4, -0.2) is 58.9 Å². The minimum Gasteiger partial charge on any atom is -0.497 e. The summed E-state index contributed by atoms with van der Waals surface area (Å²) in [6.07, 6.45) is 0.827. The molecule has 0 aliphatic carbocycles. The Balaban J connectivity index is 2.54. The highest BCUT2D eigenvalue weighted by atomic mass is 32.2. The Bertz CT molecular complexity index is 1230. The molecular weight excluding hydrogens is 525 g/mol. The number of rotatable bonds is 9. The van der Waals surface area contributed by atoms with Gasteiger partial charge >= 0.3 is 6.09 Å².